The molecule has 170 valence electrons. The number of amides is 1. The summed E-state index contributed by atoms with van der Waals surface area (Å²) < 4.78 is 1.85. The number of aromatic amines is 1. The van der Waals surface area contributed by atoms with E-state index in [0.29, 0.717) is 29.4 Å². The maximum Gasteiger partial charge on any atom is 0.254 e. The van der Waals surface area contributed by atoms with Crippen LogP contribution in [-0.4, -0.2) is 43.9 Å². The molecule has 1 N–H and O–H groups in total. The summed E-state index contributed by atoms with van der Waals surface area (Å²) in [5.41, 5.74) is 3.86. The number of benzene rings is 1. The van der Waals surface area contributed by atoms with E-state index in [1.807, 2.05) is 71.9 Å². The van der Waals surface area contributed by atoms with Crippen LogP contribution in [0.1, 0.15) is 23.2 Å². The summed E-state index contributed by atoms with van der Waals surface area (Å²) in [6, 6.07) is 13.9. The zero-order valence-electron chi connectivity index (χ0n) is 18.7. The van der Waals surface area contributed by atoms with Crippen LogP contribution in [0.2, 0.25) is 0 Å². The van der Waals surface area contributed by atoms with E-state index in [2.05, 4.69) is 9.97 Å². The van der Waals surface area contributed by atoms with Gasteiger partial charge in [-0.3, -0.25) is 9.59 Å². The van der Waals surface area contributed by atoms with E-state index in [0.717, 1.165) is 21.8 Å². The Morgan fingerprint density at radius 2 is 2.00 bits per heavy atom. The number of carbonyl (C=O) groups excluding carboxylic acids is 1. The number of aromatic nitrogens is 4. The van der Waals surface area contributed by atoms with Gasteiger partial charge >= 0.3 is 0 Å². The van der Waals surface area contributed by atoms with E-state index in [1.165, 1.54) is 11.8 Å². The van der Waals surface area contributed by atoms with E-state index in [1.54, 1.807) is 23.3 Å². The number of carbonyl (C=O) groups is 1. The number of H-pyrrole nitrogens is 1. The van der Waals surface area contributed by atoms with Gasteiger partial charge in [0.2, 0.25) is 5.91 Å². The third kappa shape index (κ3) is 5.26. The fraction of sp³-hybridized carbons (Fsp3) is 0.250. The molecule has 0 aliphatic rings. The number of thioether (sulfide) groups is 1. The van der Waals surface area contributed by atoms with E-state index < -0.39 is 0 Å². The first-order valence-electron chi connectivity index (χ1n) is 10.5. The molecule has 0 saturated carbocycles. The maximum absolute atomic E-state index is 12.9. The number of nitrogens with one attached hydrogen (secondary N) is 1. The molecular formula is C24H25N5O2S2. The number of nitrogens with zero attached hydrogens (tertiary/aromatic N) is 4. The van der Waals surface area contributed by atoms with Crippen LogP contribution in [0, 0.1) is 6.92 Å². The second-order valence-corrected chi connectivity index (χ2v) is 9.39. The highest BCUT2D eigenvalue weighted by molar-refractivity contribution is 7.98. The Labute approximate surface area is 200 Å². The summed E-state index contributed by atoms with van der Waals surface area (Å²) in [4.78, 5) is 35.2. The second kappa shape index (κ2) is 10.2. The van der Waals surface area contributed by atoms with Gasteiger partial charge in [-0.15, -0.1) is 11.3 Å². The fourth-order valence-corrected chi connectivity index (χ4v) is 4.77. The Bertz CT molecular complexity index is 1300. The van der Waals surface area contributed by atoms with Crippen molar-refractivity contribution in [3.8, 4) is 16.3 Å². The molecule has 0 bridgehead atoms. The van der Waals surface area contributed by atoms with Crippen LogP contribution in [0.4, 0.5) is 0 Å². The molecule has 4 aromatic rings. The highest BCUT2D eigenvalue weighted by Crippen LogP contribution is 2.28. The van der Waals surface area contributed by atoms with E-state index in [4.69, 9.17) is 5.10 Å². The molecular weight excluding hydrogens is 454 g/mol. The topological polar surface area (TPSA) is 83.9 Å². The summed E-state index contributed by atoms with van der Waals surface area (Å²) in [7, 11) is 1.78. The van der Waals surface area contributed by atoms with Gasteiger partial charge in [0.15, 0.2) is 5.16 Å². The van der Waals surface area contributed by atoms with Gasteiger partial charge < -0.3 is 9.88 Å². The van der Waals surface area contributed by atoms with Crippen molar-refractivity contribution in [1.29, 1.82) is 0 Å². The Hall–Kier alpha value is -3.17. The first-order valence-corrected chi connectivity index (χ1v) is 12.6. The molecule has 0 spiro atoms. The molecule has 1 amide bonds. The first-order chi connectivity index (χ1) is 16.0. The highest BCUT2D eigenvalue weighted by atomic mass is 32.2. The van der Waals surface area contributed by atoms with E-state index in [9.17, 15) is 9.59 Å². The van der Waals surface area contributed by atoms with E-state index in [-0.39, 0.29) is 17.9 Å². The molecule has 4 rings (SSSR count). The summed E-state index contributed by atoms with van der Waals surface area (Å²) in [5.74, 6) is -0.0349. The van der Waals surface area contributed by atoms with Crippen molar-refractivity contribution in [3.63, 3.8) is 0 Å². The summed E-state index contributed by atoms with van der Waals surface area (Å²) >= 11 is 3.01. The lowest BCUT2D eigenvalue weighted by molar-refractivity contribution is -0.130. The smallest absolute Gasteiger partial charge is 0.254 e. The third-order valence-corrected chi connectivity index (χ3v) is 6.84. The van der Waals surface area contributed by atoms with Gasteiger partial charge in [-0.25, -0.2) is 9.67 Å². The lowest BCUT2D eigenvalue weighted by Gasteiger charge is -2.17. The van der Waals surface area contributed by atoms with Crippen LogP contribution in [0.5, 0.6) is 0 Å². The van der Waals surface area contributed by atoms with Crippen LogP contribution in [-0.2, 0) is 17.8 Å². The Kier molecular flexibility index (Phi) is 7.10. The van der Waals surface area contributed by atoms with Gasteiger partial charge in [0.1, 0.15) is 5.69 Å². The second-order valence-electron chi connectivity index (χ2n) is 7.65. The molecule has 33 heavy (non-hydrogen) atoms. The SMILES string of the molecule is CSc1nc(C)c(CCC(=O)N(C)Cc2cn(-c3ccccc3)nc2-c2cccs2)c(=O)[nH]1. The number of hydrogen-bond donors (Lipinski definition) is 1. The third-order valence-electron chi connectivity index (χ3n) is 5.38. The van der Waals surface area contributed by atoms with Crippen LogP contribution in [0.3, 0.4) is 0 Å². The lowest BCUT2D eigenvalue weighted by atomic mass is 10.1. The standard InChI is InChI=1S/C24H25N5O2S2/c1-16-19(23(31)26-24(25-16)32-3)11-12-21(30)28(2)14-17-15-29(18-8-5-4-6-9-18)27-22(17)20-10-7-13-33-20/h4-10,13,15H,11-12,14H2,1-3H3,(H,25,26,31). The van der Waals surface area contributed by atoms with Crippen molar-refractivity contribution in [2.75, 3.05) is 13.3 Å². The largest absolute Gasteiger partial charge is 0.341 e. The van der Waals surface area contributed by atoms with Crippen LogP contribution in [0.25, 0.3) is 16.3 Å². The summed E-state index contributed by atoms with van der Waals surface area (Å²) in [6.07, 6.45) is 4.43. The number of para-hydroxylation sites is 1. The molecule has 0 fully saturated rings. The zero-order valence-corrected chi connectivity index (χ0v) is 20.4. The lowest BCUT2D eigenvalue weighted by Crippen LogP contribution is -2.27. The molecule has 0 saturated heterocycles. The average molecular weight is 480 g/mol. The monoisotopic (exact) mass is 479 g/mol. The molecule has 3 heterocycles. The molecule has 0 atom stereocenters. The van der Waals surface area contributed by atoms with Crippen LogP contribution in [0.15, 0.2) is 64.0 Å². The number of thiophene rings is 1. The molecule has 9 heteroatoms. The zero-order chi connectivity index (χ0) is 23.4. The van der Waals surface area contributed by atoms with Gasteiger partial charge in [0, 0.05) is 43.0 Å². The predicted octanol–water partition coefficient (Wildman–Crippen LogP) is 4.31. The van der Waals surface area contributed by atoms with Crippen molar-refractivity contribution in [2.45, 2.75) is 31.5 Å². The molecule has 0 unspecified atom stereocenters. The molecule has 1 aromatic carbocycles. The number of aryl methyl sites for hydroxylation is 1. The molecule has 0 aliphatic heterocycles. The van der Waals surface area contributed by atoms with Crippen molar-refractivity contribution in [1.82, 2.24) is 24.6 Å². The Morgan fingerprint density at radius 1 is 1.21 bits per heavy atom. The van der Waals surface area contributed by atoms with Gasteiger partial charge in [0.25, 0.3) is 5.56 Å². The summed E-state index contributed by atoms with van der Waals surface area (Å²) in [5, 5.41) is 7.41. The predicted molar refractivity (Wildman–Crippen MR) is 133 cm³/mol. The molecule has 7 nitrogen and oxygen atoms in total. The number of hydrogen-bond acceptors (Lipinski definition) is 6. The summed E-state index contributed by atoms with van der Waals surface area (Å²) in [6.45, 7) is 2.24. The minimum atomic E-state index is -0.175. The Balaban J connectivity index is 1.51. The average Bonchev–Trinajstić information content (AvgIpc) is 3.48. The molecule has 0 radical (unpaired) electrons. The van der Waals surface area contributed by atoms with Crippen LogP contribution >= 0.6 is 23.1 Å². The van der Waals surface area contributed by atoms with Gasteiger partial charge in [-0.05, 0) is 43.2 Å². The maximum atomic E-state index is 12.9. The number of rotatable bonds is 8. The van der Waals surface area contributed by atoms with Crippen LogP contribution < -0.4 is 5.56 Å². The minimum Gasteiger partial charge on any atom is -0.341 e. The van der Waals surface area contributed by atoms with Gasteiger partial charge in [0.05, 0.1) is 10.6 Å². The first kappa shape index (κ1) is 23.0. The van der Waals surface area contributed by atoms with Crippen molar-refractivity contribution in [2.24, 2.45) is 0 Å². The van der Waals surface area contributed by atoms with Crippen molar-refractivity contribution in [3.05, 3.63) is 81.2 Å². The van der Waals surface area contributed by atoms with Gasteiger partial charge in [-0.2, -0.15) is 5.10 Å². The quantitative estimate of drug-likeness (QED) is 0.301. The minimum absolute atomic E-state index is 0.0349. The molecule has 3 aromatic heterocycles. The highest BCUT2D eigenvalue weighted by Gasteiger charge is 2.18. The molecule has 0 aliphatic carbocycles. The fourth-order valence-electron chi connectivity index (χ4n) is 3.60. The van der Waals surface area contributed by atoms with Crippen molar-refractivity contribution < 1.29 is 4.79 Å². The Morgan fingerprint density at radius 3 is 2.67 bits per heavy atom. The van der Waals surface area contributed by atoms with E-state index >= 15 is 0 Å². The van der Waals surface area contributed by atoms with Gasteiger partial charge in [-0.1, -0.05) is 36.0 Å². The normalized spacial score (nSPS) is 11.0. The van der Waals surface area contributed by atoms with Crippen molar-refractivity contribution >= 4 is 29.0 Å².